The molecule has 2 rings (SSSR count). The number of nitrogens with one attached hydrogen (secondary N) is 1. The van der Waals surface area contributed by atoms with Crippen LogP contribution in [0.4, 0.5) is 4.39 Å². The number of amides is 1. The summed E-state index contributed by atoms with van der Waals surface area (Å²) in [6.45, 7) is 1.45. The second kappa shape index (κ2) is 7.76. The number of fused-ring (bicyclic) bond motifs is 1. The third-order valence-corrected chi connectivity index (χ3v) is 3.72. The fraction of sp³-hybridized carbons (Fsp3) is 0.438. The summed E-state index contributed by atoms with van der Waals surface area (Å²) in [5.74, 6) is -2.04. The van der Waals surface area contributed by atoms with Gasteiger partial charge in [-0.3, -0.25) is 13.9 Å². The quantitative estimate of drug-likeness (QED) is 0.755. The van der Waals surface area contributed by atoms with Crippen molar-refractivity contribution in [3.8, 4) is 0 Å². The van der Waals surface area contributed by atoms with Gasteiger partial charge >= 0.3 is 11.7 Å². The highest BCUT2D eigenvalue weighted by Gasteiger charge is 2.20. The minimum absolute atomic E-state index is 0.0977. The molecular weight excluding hydrogens is 317 g/mol. The van der Waals surface area contributed by atoms with Gasteiger partial charge in [0.05, 0.1) is 11.0 Å². The van der Waals surface area contributed by atoms with Gasteiger partial charge in [0.1, 0.15) is 6.67 Å². The molecule has 1 atom stereocenters. The molecule has 0 aliphatic heterocycles. The Bertz CT molecular complexity index is 796. The summed E-state index contributed by atoms with van der Waals surface area (Å²) in [4.78, 5) is 35.1. The first-order chi connectivity index (χ1) is 11.5. The first-order valence-corrected chi connectivity index (χ1v) is 7.75. The normalized spacial score (nSPS) is 12.2. The summed E-state index contributed by atoms with van der Waals surface area (Å²) in [6.07, 6.45) is 0.689. The lowest BCUT2D eigenvalue weighted by Crippen LogP contribution is -2.42. The lowest BCUT2D eigenvalue weighted by atomic mass is 10.3. The van der Waals surface area contributed by atoms with Crippen LogP contribution in [0.15, 0.2) is 29.1 Å². The third kappa shape index (κ3) is 3.64. The molecule has 8 heteroatoms. The molecule has 0 spiro atoms. The van der Waals surface area contributed by atoms with Gasteiger partial charge in [0, 0.05) is 19.5 Å². The minimum Gasteiger partial charge on any atom is -0.480 e. The van der Waals surface area contributed by atoms with Crippen LogP contribution in [0, 0.1) is 0 Å². The predicted molar refractivity (Wildman–Crippen MR) is 86.6 cm³/mol. The van der Waals surface area contributed by atoms with E-state index in [0.717, 1.165) is 11.9 Å². The molecule has 24 heavy (non-hydrogen) atoms. The number of halogens is 1. The highest BCUT2D eigenvalue weighted by molar-refractivity contribution is 5.83. The fourth-order valence-corrected chi connectivity index (χ4v) is 2.57. The van der Waals surface area contributed by atoms with Gasteiger partial charge in [0.2, 0.25) is 5.91 Å². The summed E-state index contributed by atoms with van der Waals surface area (Å²) in [5.41, 5.74) is 1.28. The summed E-state index contributed by atoms with van der Waals surface area (Å²) in [7, 11) is 0. The Morgan fingerprint density at radius 2 is 1.79 bits per heavy atom. The molecule has 1 unspecified atom stereocenters. The van der Waals surface area contributed by atoms with Gasteiger partial charge in [-0.1, -0.05) is 19.1 Å². The number of benzene rings is 1. The molecule has 2 N–H and O–H groups in total. The number of aliphatic carboxylic acids is 1. The number of para-hydroxylation sites is 2. The zero-order valence-corrected chi connectivity index (χ0v) is 13.4. The number of rotatable bonds is 8. The van der Waals surface area contributed by atoms with E-state index in [-0.39, 0.29) is 18.7 Å². The average Bonchev–Trinajstić information content (AvgIpc) is 2.83. The third-order valence-electron chi connectivity index (χ3n) is 3.72. The Balaban J connectivity index is 2.18. The molecule has 7 nitrogen and oxygen atoms in total. The number of aromatic nitrogens is 2. The molecule has 1 heterocycles. The molecule has 1 aromatic carbocycles. The molecule has 1 aromatic heterocycles. The van der Waals surface area contributed by atoms with Crippen LogP contribution in [0.2, 0.25) is 0 Å². The number of nitrogens with zero attached hydrogens (tertiary/aromatic N) is 2. The smallest absolute Gasteiger partial charge is 0.329 e. The van der Waals surface area contributed by atoms with Crippen molar-refractivity contribution < 1.29 is 19.1 Å². The standard InChI is InChI=1S/C16H20FN3O4/c1-2-8-19-12-5-3-4-6-13(12)20(16(19)24)9-7-14(21)18-11(10-17)15(22)23/h3-6,11H,2,7-10H2,1H3,(H,18,21)(H,22,23). The Labute approximate surface area is 137 Å². The maximum Gasteiger partial charge on any atom is 0.329 e. The molecule has 130 valence electrons. The summed E-state index contributed by atoms with van der Waals surface area (Å²) in [6, 6.07) is 5.72. The number of alkyl halides is 1. The molecule has 1 amide bonds. The number of aryl methyl sites for hydroxylation is 2. The summed E-state index contributed by atoms with van der Waals surface area (Å²) >= 11 is 0. The molecule has 0 aliphatic carbocycles. The van der Waals surface area contributed by atoms with Crippen LogP contribution in [0.5, 0.6) is 0 Å². The van der Waals surface area contributed by atoms with Crippen LogP contribution in [0.1, 0.15) is 19.8 Å². The number of hydrogen-bond donors (Lipinski definition) is 2. The van der Waals surface area contributed by atoms with E-state index in [9.17, 15) is 18.8 Å². The van der Waals surface area contributed by atoms with E-state index >= 15 is 0 Å². The van der Waals surface area contributed by atoms with Crippen molar-refractivity contribution in [2.75, 3.05) is 6.67 Å². The molecule has 0 fully saturated rings. The van der Waals surface area contributed by atoms with Gasteiger partial charge < -0.3 is 10.4 Å². The SMILES string of the molecule is CCCn1c(=O)n(CCC(=O)NC(CF)C(=O)O)c2ccccc21. The number of carbonyl (C=O) groups excluding carboxylic acids is 1. The van der Waals surface area contributed by atoms with Gasteiger partial charge in [-0.25, -0.2) is 14.0 Å². The number of carboxylic acid groups (broad SMARTS) is 1. The Morgan fingerprint density at radius 3 is 2.29 bits per heavy atom. The molecule has 0 saturated carbocycles. The Kier molecular flexibility index (Phi) is 5.73. The molecule has 0 bridgehead atoms. The monoisotopic (exact) mass is 337 g/mol. The highest BCUT2D eigenvalue weighted by Crippen LogP contribution is 2.13. The maximum atomic E-state index is 12.5. The fourth-order valence-electron chi connectivity index (χ4n) is 2.57. The Hall–Kier alpha value is -2.64. The van der Waals surface area contributed by atoms with Gasteiger partial charge in [-0.15, -0.1) is 0 Å². The lowest BCUT2D eigenvalue weighted by Gasteiger charge is -2.10. The van der Waals surface area contributed by atoms with E-state index in [2.05, 4.69) is 5.32 Å². The van der Waals surface area contributed by atoms with Crippen molar-refractivity contribution in [3.63, 3.8) is 0 Å². The van der Waals surface area contributed by atoms with Crippen molar-refractivity contribution in [1.82, 2.24) is 14.5 Å². The van der Waals surface area contributed by atoms with E-state index in [0.29, 0.717) is 12.1 Å². The second-order valence-corrected chi connectivity index (χ2v) is 5.44. The molecule has 0 radical (unpaired) electrons. The van der Waals surface area contributed by atoms with Gasteiger partial charge in [-0.2, -0.15) is 0 Å². The van der Waals surface area contributed by atoms with Gasteiger partial charge in [0.15, 0.2) is 6.04 Å². The molecule has 0 aliphatic rings. The Morgan fingerprint density at radius 1 is 1.21 bits per heavy atom. The van der Waals surface area contributed by atoms with E-state index in [1.54, 1.807) is 16.7 Å². The van der Waals surface area contributed by atoms with Gasteiger partial charge in [0.25, 0.3) is 0 Å². The average molecular weight is 337 g/mol. The van der Waals surface area contributed by atoms with Crippen molar-refractivity contribution in [1.29, 1.82) is 0 Å². The second-order valence-electron chi connectivity index (χ2n) is 5.44. The first-order valence-electron chi connectivity index (χ1n) is 7.75. The maximum absolute atomic E-state index is 12.5. The molecular formula is C16H20FN3O4. The van der Waals surface area contributed by atoms with Crippen LogP contribution < -0.4 is 11.0 Å². The summed E-state index contributed by atoms with van der Waals surface area (Å²) in [5, 5.41) is 10.8. The van der Waals surface area contributed by atoms with Crippen LogP contribution in [0.3, 0.4) is 0 Å². The molecule has 0 saturated heterocycles. The van der Waals surface area contributed by atoms with Crippen LogP contribution in [-0.4, -0.2) is 38.8 Å². The number of imidazole rings is 1. The minimum atomic E-state index is -1.56. The largest absolute Gasteiger partial charge is 0.480 e. The number of carbonyl (C=O) groups is 2. The topological polar surface area (TPSA) is 93.3 Å². The van der Waals surface area contributed by atoms with Crippen LogP contribution >= 0.6 is 0 Å². The zero-order valence-electron chi connectivity index (χ0n) is 13.4. The van der Waals surface area contributed by atoms with Crippen LogP contribution in [0.25, 0.3) is 11.0 Å². The van der Waals surface area contributed by atoms with E-state index in [1.807, 2.05) is 19.1 Å². The lowest BCUT2D eigenvalue weighted by molar-refractivity contribution is -0.142. The summed E-state index contributed by atoms with van der Waals surface area (Å²) < 4.78 is 15.7. The van der Waals surface area contributed by atoms with Crippen molar-refractivity contribution in [3.05, 3.63) is 34.7 Å². The highest BCUT2D eigenvalue weighted by atomic mass is 19.1. The van der Waals surface area contributed by atoms with Crippen LogP contribution in [-0.2, 0) is 22.7 Å². The zero-order chi connectivity index (χ0) is 17.7. The first kappa shape index (κ1) is 17.7. The van der Waals surface area contributed by atoms with E-state index in [1.165, 1.54) is 4.57 Å². The number of carboxylic acids is 1. The van der Waals surface area contributed by atoms with Crippen molar-refractivity contribution in [2.45, 2.75) is 38.9 Å². The molecule has 2 aromatic rings. The van der Waals surface area contributed by atoms with E-state index in [4.69, 9.17) is 5.11 Å². The van der Waals surface area contributed by atoms with E-state index < -0.39 is 24.6 Å². The van der Waals surface area contributed by atoms with Crippen molar-refractivity contribution in [2.24, 2.45) is 0 Å². The van der Waals surface area contributed by atoms with Crippen molar-refractivity contribution >= 4 is 22.9 Å². The van der Waals surface area contributed by atoms with Gasteiger partial charge in [-0.05, 0) is 18.6 Å². The predicted octanol–water partition coefficient (Wildman–Crippen LogP) is 1.14. The number of hydrogen-bond acceptors (Lipinski definition) is 3.